The number of hydrogen-bond acceptors (Lipinski definition) is 2. The molecule has 1 aromatic carbocycles. The zero-order chi connectivity index (χ0) is 11.7. The summed E-state index contributed by atoms with van der Waals surface area (Å²) in [6, 6.07) is 7.86. The van der Waals surface area contributed by atoms with Gasteiger partial charge < -0.3 is 10.2 Å². The normalized spacial score (nSPS) is 21.0. The molecule has 0 radical (unpaired) electrons. The second-order valence-electron chi connectivity index (χ2n) is 4.97. The van der Waals surface area contributed by atoms with E-state index < -0.39 is 0 Å². The lowest BCUT2D eigenvalue weighted by atomic mass is 10.0. The zero-order valence-electron chi connectivity index (χ0n) is 10.7. The van der Waals surface area contributed by atoms with Crippen molar-refractivity contribution in [2.75, 3.05) is 19.0 Å². The summed E-state index contributed by atoms with van der Waals surface area (Å²) in [5.41, 5.74) is 4.40. The first-order valence-electron chi connectivity index (χ1n) is 6.12. The summed E-state index contributed by atoms with van der Waals surface area (Å²) in [6.07, 6.45) is 2.41. The number of benzene rings is 1. The number of rotatable bonds is 3. The van der Waals surface area contributed by atoms with Crippen molar-refractivity contribution in [2.24, 2.45) is 0 Å². The molecule has 1 aliphatic heterocycles. The van der Waals surface area contributed by atoms with Crippen LogP contribution in [0.3, 0.4) is 0 Å². The Balaban J connectivity index is 2.17. The predicted octanol–water partition coefficient (Wildman–Crippen LogP) is 2.35. The predicted molar refractivity (Wildman–Crippen MR) is 70.2 cm³/mol. The maximum atomic E-state index is 3.33. The molecule has 0 aromatic heterocycles. The third-order valence-corrected chi connectivity index (χ3v) is 3.87. The molecule has 1 heterocycles. The number of nitrogens with zero attached hydrogens (tertiary/aromatic N) is 1. The van der Waals surface area contributed by atoms with E-state index in [2.05, 4.69) is 49.3 Å². The van der Waals surface area contributed by atoms with Gasteiger partial charge in [-0.05, 0) is 50.9 Å². The van der Waals surface area contributed by atoms with Gasteiger partial charge in [-0.1, -0.05) is 12.1 Å². The minimum absolute atomic E-state index is 0.585. The summed E-state index contributed by atoms with van der Waals surface area (Å²) in [5.74, 6) is 0. The van der Waals surface area contributed by atoms with Crippen LogP contribution >= 0.6 is 0 Å². The Hall–Kier alpha value is -1.02. The van der Waals surface area contributed by atoms with Crippen molar-refractivity contribution in [3.63, 3.8) is 0 Å². The van der Waals surface area contributed by atoms with Gasteiger partial charge in [0.05, 0.1) is 0 Å². The first-order valence-corrected chi connectivity index (χ1v) is 6.12. The van der Waals surface area contributed by atoms with Crippen LogP contribution in [0, 0.1) is 6.92 Å². The first kappa shape index (κ1) is 11.5. The van der Waals surface area contributed by atoms with Crippen molar-refractivity contribution in [1.82, 2.24) is 5.32 Å². The van der Waals surface area contributed by atoms with Crippen molar-refractivity contribution < 1.29 is 0 Å². The van der Waals surface area contributed by atoms with Crippen LogP contribution in [-0.2, 0) is 6.42 Å². The Morgan fingerprint density at radius 2 is 2.25 bits per heavy atom. The molecule has 88 valence electrons. The van der Waals surface area contributed by atoms with Gasteiger partial charge in [-0.2, -0.15) is 0 Å². The van der Waals surface area contributed by atoms with Gasteiger partial charge in [-0.3, -0.25) is 0 Å². The topological polar surface area (TPSA) is 15.3 Å². The molecule has 0 amide bonds. The lowest BCUT2D eigenvalue weighted by molar-refractivity contribution is 0.490. The summed E-state index contributed by atoms with van der Waals surface area (Å²) in [5, 5.41) is 3.33. The van der Waals surface area contributed by atoms with Crippen molar-refractivity contribution in [3.05, 3.63) is 29.3 Å². The number of anilines is 1. The number of likely N-dealkylation sites (N-methyl/N-ethyl adjacent to an activating group) is 1. The van der Waals surface area contributed by atoms with Gasteiger partial charge in [0.15, 0.2) is 0 Å². The molecule has 1 N–H and O–H groups in total. The fourth-order valence-electron chi connectivity index (χ4n) is 2.62. The maximum Gasteiger partial charge on any atom is 0.0402 e. The molecule has 0 fully saturated rings. The van der Waals surface area contributed by atoms with E-state index in [-0.39, 0.29) is 0 Å². The van der Waals surface area contributed by atoms with E-state index in [0.29, 0.717) is 12.1 Å². The molecule has 2 unspecified atom stereocenters. The molecular formula is C14H22N2. The third-order valence-electron chi connectivity index (χ3n) is 3.87. The molecule has 0 bridgehead atoms. The SMILES string of the molecule is CNC(C)CC1Cc2c(C)cccc2N1C. The first-order chi connectivity index (χ1) is 7.63. The second-order valence-corrected chi connectivity index (χ2v) is 4.97. The van der Waals surface area contributed by atoms with Crippen LogP contribution in [-0.4, -0.2) is 26.2 Å². The number of nitrogens with one attached hydrogen (secondary N) is 1. The van der Waals surface area contributed by atoms with Gasteiger partial charge in [0, 0.05) is 24.8 Å². The number of aryl methyl sites for hydroxylation is 1. The van der Waals surface area contributed by atoms with Crippen LogP contribution < -0.4 is 10.2 Å². The summed E-state index contributed by atoms with van der Waals surface area (Å²) in [6.45, 7) is 4.47. The summed E-state index contributed by atoms with van der Waals surface area (Å²) >= 11 is 0. The number of fused-ring (bicyclic) bond motifs is 1. The largest absolute Gasteiger partial charge is 0.371 e. The Kier molecular flexibility index (Phi) is 3.20. The molecule has 1 aromatic rings. The lowest BCUT2D eigenvalue weighted by Gasteiger charge is -2.25. The van der Waals surface area contributed by atoms with Gasteiger partial charge in [0.1, 0.15) is 0 Å². The van der Waals surface area contributed by atoms with Crippen molar-refractivity contribution in [1.29, 1.82) is 0 Å². The van der Waals surface area contributed by atoms with E-state index in [1.165, 1.54) is 24.1 Å². The Morgan fingerprint density at radius 3 is 2.88 bits per heavy atom. The fraction of sp³-hybridized carbons (Fsp3) is 0.571. The quantitative estimate of drug-likeness (QED) is 0.838. The Bertz CT molecular complexity index is 373. The van der Waals surface area contributed by atoms with Crippen LogP contribution in [0.1, 0.15) is 24.5 Å². The summed E-state index contributed by atoms with van der Waals surface area (Å²) in [7, 11) is 4.26. The highest BCUT2D eigenvalue weighted by molar-refractivity contribution is 5.61. The second kappa shape index (κ2) is 4.46. The molecule has 2 nitrogen and oxygen atoms in total. The standard InChI is InChI=1S/C14H22N2/c1-10-6-5-7-14-13(10)9-12(16(14)4)8-11(2)15-3/h5-7,11-12,15H,8-9H2,1-4H3. The van der Waals surface area contributed by atoms with E-state index in [0.717, 1.165) is 0 Å². The van der Waals surface area contributed by atoms with Gasteiger partial charge in [-0.15, -0.1) is 0 Å². The lowest BCUT2D eigenvalue weighted by Crippen LogP contribution is -2.35. The van der Waals surface area contributed by atoms with Gasteiger partial charge in [0.2, 0.25) is 0 Å². The Labute approximate surface area is 98.7 Å². The minimum Gasteiger partial charge on any atom is -0.371 e. The maximum absolute atomic E-state index is 3.33. The monoisotopic (exact) mass is 218 g/mol. The summed E-state index contributed by atoms with van der Waals surface area (Å²) in [4.78, 5) is 2.44. The van der Waals surface area contributed by atoms with E-state index in [1.54, 1.807) is 5.56 Å². The molecule has 0 saturated carbocycles. The van der Waals surface area contributed by atoms with Crippen molar-refractivity contribution in [3.8, 4) is 0 Å². The zero-order valence-corrected chi connectivity index (χ0v) is 10.7. The smallest absolute Gasteiger partial charge is 0.0402 e. The highest BCUT2D eigenvalue weighted by atomic mass is 15.2. The molecule has 0 saturated heterocycles. The van der Waals surface area contributed by atoms with E-state index in [4.69, 9.17) is 0 Å². The highest BCUT2D eigenvalue weighted by Gasteiger charge is 2.27. The third kappa shape index (κ3) is 1.94. The van der Waals surface area contributed by atoms with E-state index in [9.17, 15) is 0 Å². The number of hydrogen-bond donors (Lipinski definition) is 1. The van der Waals surface area contributed by atoms with Gasteiger partial charge >= 0.3 is 0 Å². The van der Waals surface area contributed by atoms with Gasteiger partial charge in [0.25, 0.3) is 0 Å². The minimum atomic E-state index is 0.585. The van der Waals surface area contributed by atoms with Crippen molar-refractivity contribution >= 4 is 5.69 Å². The van der Waals surface area contributed by atoms with Crippen LogP contribution in [0.2, 0.25) is 0 Å². The van der Waals surface area contributed by atoms with Crippen LogP contribution in [0.5, 0.6) is 0 Å². The molecule has 2 rings (SSSR count). The molecule has 1 aliphatic rings. The highest BCUT2D eigenvalue weighted by Crippen LogP contribution is 2.34. The molecule has 0 aliphatic carbocycles. The summed E-state index contributed by atoms with van der Waals surface area (Å²) < 4.78 is 0. The fourth-order valence-corrected chi connectivity index (χ4v) is 2.62. The average molecular weight is 218 g/mol. The van der Waals surface area contributed by atoms with E-state index >= 15 is 0 Å². The average Bonchev–Trinajstić information content (AvgIpc) is 2.58. The van der Waals surface area contributed by atoms with Crippen LogP contribution in [0.15, 0.2) is 18.2 Å². The molecule has 0 spiro atoms. The molecule has 16 heavy (non-hydrogen) atoms. The van der Waals surface area contributed by atoms with Crippen LogP contribution in [0.4, 0.5) is 5.69 Å². The van der Waals surface area contributed by atoms with Crippen LogP contribution in [0.25, 0.3) is 0 Å². The molecule has 2 atom stereocenters. The molecular weight excluding hydrogens is 196 g/mol. The Morgan fingerprint density at radius 1 is 1.50 bits per heavy atom. The van der Waals surface area contributed by atoms with E-state index in [1.807, 2.05) is 7.05 Å². The van der Waals surface area contributed by atoms with Crippen molar-refractivity contribution in [2.45, 2.75) is 38.8 Å². The molecule has 2 heteroatoms. The van der Waals surface area contributed by atoms with Gasteiger partial charge in [-0.25, -0.2) is 0 Å².